The minimum Gasteiger partial charge on any atom is -1.00 e. The van der Waals surface area contributed by atoms with Gasteiger partial charge < -0.3 is 27.2 Å². The van der Waals surface area contributed by atoms with E-state index in [0.717, 1.165) is 44.0 Å². The van der Waals surface area contributed by atoms with Gasteiger partial charge in [0.15, 0.2) is 0 Å². The number of benzene rings is 2. The van der Waals surface area contributed by atoms with E-state index in [9.17, 15) is 9.50 Å². The Morgan fingerprint density at radius 1 is 1.08 bits per heavy atom. The van der Waals surface area contributed by atoms with Crippen molar-refractivity contribution >= 4 is 0 Å². The molecule has 0 aromatic heterocycles. The largest absolute Gasteiger partial charge is 1.00 e. The van der Waals surface area contributed by atoms with Gasteiger partial charge in [0.25, 0.3) is 0 Å². The van der Waals surface area contributed by atoms with Crippen LogP contribution in [0.4, 0.5) is 4.39 Å². The van der Waals surface area contributed by atoms with Gasteiger partial charge >= 0.3 is 0 Å². The first-order valence-electron chi connectivity index (χ1n) is 8.52. The maximum Gasteiger partial charge on any atom is 0.123 e. The van der Waals surface area contributed by atoms with Crippen LogP contribution in [0, 0.1) is 5.82 Å². The van der Waals surface area contributed by atoms with E-state index in [4.69, 9.17) is 4.74 Å². The third-order valence-electron chi connectivity index (χ3n) is 5.00. The average molecular weight is 366 g/mol. The third-order valence-corrected chi connectivity index (χ3v) is 5.00. The molecule has 0 amide bonds. The molecule has 1 heterocycles. The molecule has 2 N–H and O–H groups in total. The molecule has 25 heavy (non-hydrogen) atoms. The summed E-state index contributed by atoms with van der Waals surface area (Å²) in [6.07, 6.45) is 0. The monoisotopic (exact) mass is 365 g/mol. The van der Waals surface area contributed by atoms with Crippen LogP contribution in [-0.4, -0.2) is 38.0 Å². The Bertz CT molecular complexity index is 643. The summed E-state index contributed by atoms with van der Waals surface area (Å²) in [4.78, 5) is 1.43. The Kier molecular flexibility index (Phi) is 6.96. The Balaban J connectivity index is 0.00000225. The first-order valence-corrected chi connectivity index (χ1v) is 8.52. The van der Waals surface area contributed by atoms with E-state index in [1.807, 2.05) is 25.1 Å². The summed E-state index contributed by atoms with van der Waals surface area (Å²) in [7, 11) is 0. The highest BCUT2D eigenvalue weighted by atomic mass is 35.5. The van der Waals surface area contributed by atoms with Gasteiger partial charge in [-0.05, 0) is 30.2 Å². The molecule has 2 unspecified atom stereocenters. The Labute approximate surface area is 154 Å². The maximum atomic E-state index is 13.3. The summed E-state index contributed by atoms with van der Waals surface area (Å²) < 4.78 is 18.7. The predicted octanol–water partition coefficient (Wildman–Crippen LogP) is -1.26. The van der Waals surface area contributed by atoms with Gasteiger partial charge in [-0.15, -0.1) is 0 Å². The van der Waals surface area contributed by atoms with E-state index in [0.29, 0.717) is 0 Å². The summed E-state index contributed by atoms with van der Waals surface area (Å²) in [5, 5.41) is 11.4. The second-order valence-corrected chi connectivity index (χ2v) is 6.68. The van der Waals surface area contributed by atoms with Gasteiger partial charge in [0.05, 0.1) is 31.3 Å². The van der Waals surface area contributed by atoms with Crippen molar-refractivity contribution in [1.29, 1.82) is 0 Å². The lowest BCUT2D eigenvalue weighted by atomic mass is 9.78. The molecule has 3 nitrogen and oxygen atoms in total. The van der Waals surface area contributed by atoms with Crippen molar-refractivity contribution in [2.24, 2.45) is 0 Å². The molecule has 0 aliphatic carbocycles. The van der Waals surface area contributed by atoms with E-state index in [-0.39, 0.29) is 24.1 Å². The van der Waals surface area contributed by atoms with Crippen molar-refractivity contribution in [2.75, 3.05) is 32.8 Å². The van der Waals surface area contributed by atoms with E-state index in [1.54, 1.807) is 12.1 Å². The summed E-state index contributed by atoms with van der Waals surface area (Å²) in [5.41, 5.74) is 0.775. The zero-order chi connectivity index (χ0) is 17.0. The van der Waals surface area contributed by atoms with E-state index >= 15 is 0 Å². The van der Waals surface area contributed by atoms with E-state index in [2.05, 4.69) is 12.1 Å². The maximum absolute atomic E-state index is 13.3. The fraction of sp³-hybridized carbons (Fsp3) is 0.400. The highest BCUT2D eigenvalue weighted by Crippen LogP contribution is 2.36. The zero-order valence-corrected chi connectivity index (χ0v) is 15.2. The normalized spacial score (nSPS) is 18.8. The molecule has 5 heteroatoms. The van der Waals surface area contributed by atoms with Gasteiger partial charge in [0, 0.05) is 0 Å². The van der Waals surface area contributed by atoms with Crippen LogP contribution in [0.3, 0.4) is 0 Å². The van der Waals surface area contributed by atoms with E-state index in [1.165, 1.54) is 17.0 Å². The van der Waals surface area contributed by atoms with Crippen LogP contribution < -0.4 is 17.3 Å². The third kappa shape index (κ3) is 4.79. The molecular weight excluding hydrogens is 341 g/mol. The number of rotatable bonds is 5. The van der Waals surface area contributed by atoms with Gasteiger partial charge in [-0.2, -0.15) is 0 Å². The highest BCUT2D eigenvalue weighted by molar-refractivity contribution is 5.30. The van der Waals surface area contributed by atoms with Crippen LogP contribution in [0.2, 0.25) is 0 Å². The molecule has 0 bridgehead atoms. The topological polar surface area (TPSA) is 33.9 Å². The van der Waals surface area contributed by atoms with Crippen molar-refractivity contribution in [3.05, 3.63) is 71.5 Å². The number of quaternary nitrogens is 1. The van der Waals surface area contributed by atoms with Crippen LogP contribution >= 0.6 is 0 Å². The molecule has 0 radical (unpaired) electrons. The average Bonchev–Trinajstić information content (AvgIpc) is 2.61. The second kappa shape index (κ2) is 8.77. The molecule has 1 aliphatic rings. The summed E-state index contributed by atoms with van der Waals surface area (Å²) >= 11 is 0. The fourth-order valence-corrected chi connectivity index (χ4v) is 3.47. The van der Waals surface area contributed by atoms with Crippen LogP contribution in [-0.2, 0) is 10.3 Å². The van der Waals surface area contributed by atoms with Crippen LogP contribution in [0.1, 0.15) is 24.0 Å². The van der Waals surface area contributed by atoms with Crippen LogP contribution in [0.25, 0.3) is 0 Å². The molecule has 2 atom stereocenters. The van der Waals surface area contributed by atoms with Crippen molar-refractivity contribution in [3.8, 4) is 0 Å². The fourth-order valence-electron chi connectivity index (χ4n) is 3.47. The van der Waals surface area contributed by atoms with Gasteiger partial charge in [0.1, 0.15) is 18.9 Å². The molecule has 2 aromatic rings. The summed E-state index contributed by atoms with van der Waals surface area (Å²) in [6.45, 7) is 6.06. The van der Waals surface area contributed by atoms with Crippen molar-refractivity contribution in [2.45, 2.75) is 18.4 Å². The predicted molar refractivity (Wildman–Crippen MR) is 91.5 cm³/mol. The molecule has 136 valence electrons. The van der Waals surface area contributed by atoms with Gasteiger partial charge in [-0.3, -0.25) is 0 Å². The number of morpholine rings is 1. The summed E-state index contributed by atoms with van der Waals surface area (Å²) in [5.74, 6) is -0.359. The van der Waals surface area contributed by atoms with Crippen molar-refractivity contribution < 1.29 is 31.5 Å². The highest BCUT2D eigenvalue weighted by Gasteiger charge is 2.38. The van der Waals surface area contributed by atoms with Crippen LogP contribution in [0.5, 0.6) is 0 Å². The quantitative estimate of drug-likeness (QED) is 0.693. The lowest BCUT2D eigenvalue weighted by molar-refractivity contribution is -0.910. The van der Waals surface area contributed by atoms with Gasteiger partial charge in [-0.1, -0.05) is 42.5 Å². The van der Waals surface area contributed by atoms with Crippen LogP contribution in [0.15, 0.2) is 54.6 Å². The van der Waals surface area contributed by atoms with Crippen molar-refractivity contribution in [1.82, 2.24) is 0 Å². The molecule has 1 saturated heterocycles. The lowest BCUT2D eigenvalue weighted by Crippen LogP contribution is -3.14. The van der Waals surface area contributed by atoms with Crippen molar-refractivity contribution in [3.63, 3.8) is 0 Å². The zero-order valence-electron chi connectivity index (χ0n) is 14.4. The number of aliphatic hydroxyl groups is 1. The Hall–Kier alpha value is -1.46. The lowest BCUT2D eigenvalue weighted by Gasteiger charge is -2.36. The number of halogens is 2. The smallest absolute Gasteiger partial charge is 0.123 e. The number of nitrogens with one attached hydrogen (secondary N) is 1. The standard InChI is InChI=1S/C20H24FNO2.ClH/c1-20(23,17-7-9-18(21)10-8-17)19(16-5-3-2-4-6-16)15-22-11-13-24-14-12-22;/h2-10,19,23H,11-15H2,1H3;1H. The number of hydrogen-bond acceptors (Lipinski definition) is 2. The molecule has 1 fully saturated rings. The Morgan fingerprint density at radius 2 is 1.68 bits per heavy atom. The van der Waals surface area contributed by atoms with Gasteiger partial charge in [0.2, 0.25) is 0 Å². The Morgan fingerprint density at radius 3 is 2.28 bits per heavy atom. The second-order valence-electron chi connectivity index (χ2n) is 6.68. The summed E-state index contributed by atoms with van der Waals surface area (Å²) in [6, 6.07) is 16.3. The molecule has 1 aliphatic heterocycles. The van der Waals surface area contributed by atoms with Gasteiger partial charge in [-0.25, -0.2) is 4.39 Å². The molecule has 3 rings (SSSR count). The first kappa shape index (κ1) is 19.9. The number of hydrogen-bond donors (Lipinski definition) is 2. The molecule has 0 spiro atoms. The molecule has 2 aromatic carbocycles. The molecular formula is C20H25ClFNO2. The number of ether oxygens (including phenoxy) is 1. The minimum atomic E-state index is -1.07. The minimum absolute atomic E-state index is 0. The first-order chi connectivity index (χ1) is 11.6. The van der Waals surface area contributed by atoms with E-state index < -0.39 is 5.60 Å². The SMILES string of the molecule is CC(O)(c1ccc(F)cc1)C(C[NH+]1CCOCC1)c1ccccc1.[Cl-]. The molecule has 0 saturated carbocycles.